The molecular weight excluding hydrogens is 356 g/mol. The summed E-state index contributed by atoms with van der Waals surface area (Å²) in [6.07, 6.45) is -0.0593. The number of nitrogens with two attached hydrogens (primary N) is 1. The van der Waals surface area contributed by atoms with Crippen LogP contribution >= 0.6 is 0 Å². The Labute approximate surface area is 169 Å². The summed E-state index contributed by atoms with van der Waals surface area (Å²) in [5, 5.41) is 2.82. The molecule has 0 unspecified atom stereocenters. The summed E-state index contributed by atoms with van der Waals surface area (Å²) in [6, 6.07) is 5.29. The van der Waals surface area contributed by atoms with E-state index in [1.165, 1.54) is 0 Å². The van der Waals surface area contributed by atoms with Crippen LogP contribution in [0, 0.1) is 0 Å². The fourth-order valence-corrected chi connectivity index (χ4v) is 2.86. The van der Waals surface area contributed by atoms with Gasteiger partial charge in [0.25, 0.3) is 0 Å². The van der Waals surface area contributed by atoms with Crippen molar-refractivity contribution in [1.82, 2.24) is 5.32 Å². The molecular formula is C22H36N2O4. The van der Waals surface area contributed by atoms with E-state index in [4.69, 9.17) is 15.2 Å². The van der Waals surface area contributed by atoms with Gasteiger partial charge in [0.05, 0.1) is 6.42 Å². The summed E-state index contributed by atoms with van der Waals surface area (Å²) in [5.41, 5.74) is 7.53. The Balaban J connectivity index is 3.05. The van der Waals surface area contributed by atoms with E-state index in [0.29, 0.717) is 18.0 Å². The first-order valence-corrected chi connectivity index (χ1v) is 9.76. The highest BCUT2D eigenvalue weighted by molar-refractivity contribution is 5.73. The Morgan fingerprint density at radius 1 is 1.04 bits per heavy atom. The van der Waals surface area contributed by atoms with E-state index in [2.05, 4.69) is 19.2 Å². The van der Waals surface area contributed by atoms with Gasteiger partial charge in [-0.15, -0.1) is 0 Å². The third-order valence-electron chi connectivity index (χ3n) is 3.81. The number of hydrogen-bond donors (Lipinski definition) is 2. The molecule has 0 fully saturated rings. The zero-order valence-electron chi connectivity index (χ0n) is 18.5. The van der Waals surface area contributed by atoms with Crippen LogP contribution in [-0.4, -0.2) is 29.3 Å². The van der Waals surface area contributed by atoms with Gasteiger partial charge in [0.15, 0.2) is 0 Å². The molecule has 1 amide bonds. The number of ether oxygens (including phenoxy) is 2. The molecule has 0 spiro atoms. The fraction of sp³-hybridized carbons (Fsp3) is 0.636. The Morgan fingerprint density at radius 3 is 2.11 bits per heavy atom. The Bertz CT molecular complexity index is 655. The van der Waals surface area contributed by atoms with Gasteiger partial charge < -0.3 is 20.5 Å². The third kappa shape index (κ3) is 9.11. The summed E-state index contributed by atoms with van der Waals surface area (Å²) >= 11 is 0. The van der Waals surface area contributed by atoms with Crippen molar-refractivity contribution in [3.63, 3.8) is 0 Å². The normalized spacial score (nSPS) is 13.2. The Hall–Kier alpha value is -2.24. The van der Waals surface area contributed by atoms with Crippen LogP contribution < -0.4 is 11.1 Å². The number of anilines is 1. The third-order valence-corrected chi connectivity index (χ3v) is 3.81. The molecule has 1 rings (SSSR count). The minimum Gasteiger partial charge on any atom is -0.460 e. The van der Waals surface area contributed by atoms with Crippen LogP contribution in [-0.2, 0) is 20.7 Å². The number of nitrogen functional groups attached to an aromatic ring is 1. The average molecular weight is 393 g/mol. The molecule has 0 radical (unpaired) electrons. The second-order valence-electron chi connectivity index (χ2n) is 9.45. The number of carbonyl (C=O) groups excluding carboxylic acids is 2. The van der Waals surface area contributed by atoms with E-state index >= 15 is 0 Å². The quantitative estimate of drug-likeness (QED) is 0.547. The lowest BCUT2D eigenvalue weighted by atomic mass is 9.92. The molecule has 1 atom stereocenters. The first kappa shape index (κ1) is 23.8. The summed E-state index contributed by atoms with van der Waals surface area (Å²) in [6.45, 7) is 15.0. The molecule has 1 aromatic rings. The Kier molecular flexibility index (Phi) is 7.91. The predicted octanol–water partition coefficient (Wildman–Crippen LogP) is 4.56. The monoisotopic (exact) mass is 392 g/mol. The van der Waals surface area contributed by atoms with Gasteiger partial charge in [-0.2, -0.15) is 0 Å². The first-order valence-electron chi connectivity index (χ1n) is 9.76. The minimum atomic E-state index is -0.624. The molecule has 0 aliphatic heterocycles. The first-order chi connectivity index (χ1) is 12.7. The average Bonchev–Trinajstić information content (AvgIpc) is 2.42. The zero-order valence-corrected chi connectivity index (χ0v) is 18.5. The highest BCUT2D eigenvalue weighted by Crippen LogP contribution is 2.24. The lowest BCUT2D eigenvalue weighted by Gasteiger charge is -2.26. The maximum Gasteiger partial charge on any atom is 0.407 e. The molecule has 6 nitrogen and oxygen atoms in total. The summed E-state index contributed by atoms with van der Waals surface area (Å²) in [5.74, 6) is -0.0807. The van der Waals surface area contributed by atoms with Crippen LogP contribution in [0.3, 0.4) is 0 Å². The van der Waals surface area contributed by atoms with Crippen molar-refractivity contribution in [1.29, 1.82) is 0 Å². The van der Waals surface area contributed by atoms with Gasteiger partial charge in [-0.1, -0.05) is 19.9 Å². The van der Waals surface area contributed by atoms with E-state index in [0.717, 1.165) is 11.1 Å². The summed E-state index contributed by atoms with van der Waals surface area (Å²) in [7, 11) is 0. The number of hydrogen-bond acceptors (Lipinski definition) is 5. The molecule has 3 N–H and O–H groups in total. The number of nitrogens with one attached hydrogen (secondary N) is 1. The molecule has 6 heteroatoms. The highest BCUT2D eigenvalue weighted by atomic mass is 16.6. The second kappa shape index (κ2) is 9.30. The molecule has 0 saturated carbocycles. The number of alkyl carbamates (subject to hydrolysis) is 1. The molecule has 28 heavy (non-hydrogen) atoms. The molecule has 158 valence electrons. The number of benzene rings is 1. The Morgan fingerprint density at radius 2 is 1.61 bits per heavy atom. The van der Waals surface area contributed by atoms with Crippen LogP contribution in [0.1, 0.15) is 78.9 Å². The van der Waals surface area contributed by atoms with E-state index in [1.807, 2.05) is 39.0 Å². The fourth-order valence-electron chi connectivity index (χ4n) is 2.86. The van der Waals surface area contributed by atoms with Crippen LogP contribution in [0.4, 0.5) is 10.5 Å². The van der Waals surface area contributed by atoms with Gasteiger partial charge >= 0.3 is 12.1 Å². The van der Waals surface area contributed by atoms with Crippen LogP contribution in [0.15, 0.2) is 18.2 Å². The number of rotatable bonds is 6. The lowest BCUT2D eigenvalue weighted by molar-refractivity contribution is -0.155. The van der Waals surface area contributed by atoms with Gasteiger partial charge in [-0.05, 0) is 77.1 Å². The van der Waals surface area contributed by atoms with Gasteiger partial charge in [0, 0.05) is 11.7 Å². The number of carbonyl (C=O) groups is 2. The maximum atomic E-state index is 12.4. The molecule has 1 aromatic carbocycles. The van der Waals surface area contributed by atoms with Gasteiger partial charge in [0.1, 0.15) is 11.2 Å². The molecule has 0 aromatic heterocycles. The van der Waals surface area contributed by atoms with E-state index < -0.39 is 23.3 Å². The largest absolute Gasteiger partial charge is 0.460 e. The maximum absolute atomic E-state index is 12.4. The van der Waals surface area contributed by atoms with E-state index in [1.54, 1.807) is 20.8 Å². The SMILES string of the molecule is CC(C)c1ccc(N)cc1C[C@@H](CC(=O)OC(C)(C)C)NC(=O)OC(C)(C)C. The minimum absolute atomic E-state index is 0.0445. The summed E-state index contributed by atoms with van der Waals surface area (Å²) in [4.78, 5) is 24.7. The molecule has 0 bridgehead atoms. The van der Waals surface area contributed by atoms with Crippen molar-refractivity contribution in [3.05, 3.63) is 29.3 Å². The standard InChI is InChI=1S/C22H36N2O4/c1-14(2)18-10-9-16(23)11-15(18)12-17(13-19(25)27-21(3,4)5)24-20(26)28-22(6,7)8/h9-11,14,17H,12-13,23H2,1-8H3,(H,24,26)/t17-/m0/s1. The zero-order chi connectivity index (χ0) is 21.7. The second-order valence-corrected chi connectivity index (χ2v) is 9.45. The van der Waals surface area contributed by atoms with Gasteiger partial charge in [0.2, 0.25) is 0 Å². The van der Waals surface area contributed by atoms with Crippen LogP contribution in [0.2, 0.25) is 0 Å². The van der Waals surface area contributed by atoms with Crippen molar-refractivity contribution in [3.8, 4) is 0 Å². The molecule has 0 aliphatic rings. The van der Waals surface area contributed by atoms with Crippen molar-refractivity contribution in [2.24, 2.45) is 0 Å². The van der Waals surface area contributed by atoms with Crippen LogP contribution in [0.5, 0.6) is 0 Å². The lowest BCUT2D eigenvalue weighted by Crippen LogP contribution is -2.42. The number of amides is 1. The molecule has 0 aliphatic carbocycles. The van der Waals surface area contributed by atoms with Crippen molar-refractivity contribution in [2.45, 2.75) is 91.4 Å². The summed E-state index contributed by atoms with van der Waals surface area (Å²) < 4.78 is 10.8. The van der Waals surface area contributed by atoms with Gasteiger partial charge in [-0.3, -0.25) is 4.79 Å². The van der Waals surface area contributed by atoms with Gasteiger partial charge in [-0.25, -0.2) is 4.79 Å². The van der Waals surface area contributed by atoms with Crippen molar-refractivity contribution in [2.75, 3.05) is 5.73 Å². The molecule has 0 saturated heterocycles. The topological polar surface area (TPSA) is 90.7 Å². The smallest absolute Gasteiger partial charge is 0.407 e. The molecule has 0 heterocycles. The van der Waals surface area contributed by atoms with E-state index in [-0.39, 0.29) is 12.4 Å². The van der Waals surface area contributed by atoms with Crippen LogP contribution in [0.25, 0.3) is 0 Å². The predicted molar refractivity (Wildman–Crippen MR) is 112 cm³/mol. The van der Waals surface area contributed by atoms with E-state index in [9.17, 15) is 9.59 Å². The highest BCUT2D eigenvalue weighted by Gasteiger charge is 2.25. The number of esters is 1. The van der Waals surface area contributed by atoms with Crippen molar-refractivity contribution >= 4 is 17.7 Å². The van der Waals surface area contributed by atoms with Crippen molar-refractivity contribution < 1.29 is 19.1 Å².